The highest BCUT2D eigenvalue weighted by molar-refractivity contribution is 7.88. The molecule has 0 saturated carbocycles. The summed E-state index contributed by atoms with van der Waals surface area (Å²) in [5, 5.41) is 2.47. The Labute approximate surface area is 119 Å². The van der Waals surface area contributed by atoms with Crippen LogP contribution in [0.3, 0.4) is 0 Å². The Balaban J connectivity index is 3.12. The van der Waals surface area contributed by atoms with Crippen LogP contribution in [0.15, 0.2) is 15.6 Å². The van der Waals surface area contributed by atoms with Crippen molar-refractivity contribution in [1.82, 2.24) is 9.62 Å². The third-order valence-electron chi connectivity index (χ3n) is 2.84. The van der Waals surface area contributed by atoms with Gasteiger partial charge in [0.15, 0.2) is 0 Å². The number of nitrogens with two attached hydrogens (primary N) is 1. The molecule has 1 aromatic heterocycles. The molecule has 20 heavy (non-hydrogen) atoms. The number of amides is 1. The molecule has 3 N–H and O–H groups in total. The van der Waals surface area contributed by atoms with Crippen LogP contribution in [0.1, 0.15) is 30.0 Å². The van der Waals surface area contributed by atoms with Gasteiger partial charge in [0.25, 0.3) is 15.9 Å². The predicted octanol–water partition coefficient (Wildman–Crippen LogP) is 0.305. The van der Waals surface area contributed by atoms with Crippen molar-refractivity contribution in [3.63, 3.8) is 0 Å². The molecular formula is C12H21N3O4S. The van der Waals surface area contributed by atoms with Crippen molar-refractivity contribution in [2.75, 3.05) is 20.6 Å². The minimum atomic E-state index is -3.70. The summed E-state index contributed by atoms with van der Waals surface area (Å²) >= 11 is 0. The second kappa shape index (κ2) is 5.55. The summed E-state index contributed by atoms with van der Waals surface area (Å²) < 4.78 is 30.1. The average Bonchev–Trinajstić information content (AvgIpc) is 2.71. The lowest BCUT2D eigenvalue weighted by molar-refractivity contribution is 0.0914. The first kappa shape index (κ1) is 16.7. The summed E-state index contributed by atoms with van der Waals surface area (Å²) in [7, 11) is -0.913. The monoisotopic (exact) mass is 303 g/mol. The molecule has 7 nitrogen and oxygen atoms in total. The number of aryl methyl sites for hydroxylation is 1. The molecular weight excluding hydrogens is 282 g/mol. The van der Waals surface area contributed by atoms with Crippen LogP contribution >= 0.6 is 0 Å². The van der Waals surface area contributed by atoms with Gasteiger partial charge >= 0.3 is 0 Å². The summed E-state index contributed by atoms with van der Waals surface area (Å²) in [5.74, 6) is -0.169. The molecule has 0 radical (unpaired) electrons. The van der Waals surface area contributed by atoms with Crippen molar-refractivity contribution in [2.45, 2.75) is 31.4 Å². The Morgan fingerprint density at radius 3 is 2.45 bits per heavy atom. The number of sulfonamides is 1. The third kappa shape index (κ3) is 3.38. The molecule has 0 aromatic carbocycles. The molecule has 0 aliphatic rings. The van der Waals surface area contributed by atoms with Crippen LogP contribution in [0.4, 0.5) is 0 Å². The van der Waals surface area contributed by atoms with Gasteiger partial charge in [0, 0.05) is 32.2 Å². The summed E-state index contributed by atoms with van der Waals surface area (Å²) in [5.41, 5.74) is 5.15. The third-order valence-corrected chi connectivity index (χ3v) is 4.51. The van der Waals surface area contributed by atoms with Crippen LogP contribution in [0.25, 0.3) is 0 Å². The fourth-order valence-electron chi connectivity index (χ4n) is 1.41. The standard InChI is InChI=1S/C12H21N3O4S/c1-8-9(11(16)14-12(2,3)7-13)6-10(19-8)20(17,18)15(4)5/h6H,7,13H2,1-5H3,(H,14,16). The number of hydrogen-bond donors (Lipinski definition) is 2. The Bertz CT molecular complexity index is 602. The van der Waals surface area contributed by atoms with Gasteiger partial charge in [-0.15, -0.1) is 0 Å². The molecule has 1 rings (SSSR count). The van der Waals surface area contributed by atoms with E-state index in [1.54, 1.807) is 20.8 Å². The number of carbonyl (C=O) groups excluding carboxylic acids is 1. The van der Waals surface area contributed by atoms with Gasteiger partial charge in [0.1, 0.15) is 5.76 Å². The smallest absolute Gasteiger partial charge is 0.275 e. The van der Waals surface area contributed by atoms with Crippen molar-refractivity contribution in [2.24, 2.45) is 5.73 Å². The molecule has 1 aromatic rings. The zero-order chi connectivity index (χ0) is 15.7. The molecule has 0 spiro atoms. The summed E-state index contributed by atoms with van der Waals surface area (Å²) in [6, 6.07) is 1.23. The highest BCUT2D eigenvalue weighted by Gasteiger charge is 2.27. The largest absolute Gasteiger partial charge is 0.448 e. The summed E-state index contributed by atoms with van der Waals surface area (Å²) in [6.07, 6.45) is 0. The first-order chi connectivity index (χ1) is 9.01. The molecule has 1 heterocycles. The number of rotatable bonds is 5. The van der Waals surface area contributed by atoms with Gasteiger partial charge in [-0.2, -0.15) is 0 Å². The summed E-state index contributed by atoms with van der Waals surface area (Å²) in [4.78, 5) is 12.1. The second-order valence-electron chi connectivity index (χ2n) is 5.36. The normalized spacial score (nSPS) is 12.8. The second-order valence-corrected chi connectivity index (χ2v) is 7.45. The minimum Gasteiger partial charge on any atom is -0.448 e. The summed E-state index contributed by atoms with van der Waals surface area (Å²) in [6.45, 7) is 5.35. The van der Waals surface area contributed by atoms with E-state index in [1.165, 1.54) is 20.2 Å². The van der Waals surface area contributed by atoms with Crippen LogP contribution in [0, 0.1) is 6.92 Å². The van der Waals surface area contributed by atoms with E-state index in [0.717, 1.165) is 4.31 Å². The molecule has 0 bridgehead atoms. The molecule has 0 unspecified atom stereocenters. The SMILES string of the molecule is Cc1oc(S(=O)(=O)N(C)C)cc1C(=O)NC(C)(C)CN. The molecule has 0 saturated heterocycles. The molecule has 0 aliphatic carbocycles. The maximum absolute atomic E-state index is 12.1. The lowest BCUT2D eigenvalue weighted by Gasteiger charge is -2.23. The van der Waals surface area contributed by atoms with Crippen LogP contribution in [-0.2, 0) is 10.0 Å². The maximum atomic E-state index is 12.1. The van der Waals surface area contributed by atoms with Crippen molar-refractivity contribution >= 4 is 15.9 Å². The fourth-order valence-corrected chi connectivity index (χ4v) is 2.27. The first-order valence-electron chi connectivity index (χ1n) is 6.07. The van der Waals surface area contributed by atoms with Crippen molar-refractivity contribution in [3.05, 3.63) is 17.4 Å². The van der Waals surface area contributed by atoms with Crippen molar-refractivity contribution in [3.8, 4) is 0 Å². The topological polar surface area (TPSA) is 106 Å². The van der Waals surface area contributed by atoms with Gasteiger partial charge < -0.3 is 15.5 Å². The maximum Gasteiger partial charge on any atom is 0.275 e. The molecule has 0 fully saturated rings. The first-order valence-corrected chi connectivity index (χ1v) is 7.51. The Morgan fingerprint density at radius 1 is 1.45 bits per heavy atom. The van der Waals surface area contributed by atoms with Crippen molar-refractivity contribution < 1.29 is 17.6 Å². The van der Waals surface area contributed by atoms with Gasteiger partial charge in [-0.05, 0) is 20.8 Å². The number of furan rings is 1. The Kier molecular flexibility index (Phi) is 4.62. The van der Waals surface area contributed by atoms with Gasteiger partial charge in [-0.25, -0.2) is 12.7 Å². The van der Waals surface area contributed by atoms with Crippen LogP contribution in [0.2, 0.25) is 0 Å². The van der Waals surface area contributed by atoms with Crippen LogP contribution in [-0.4, -0.2) is 44.8 Å². The van der Waals surface area contributed by atoms with Crippen LogP contribution in [0.5, 0.6) is 0 Å². The number of nitrogens with zero attached hydrogens (tertiary/aromatic N) is 1. The molecule has 0 atom stereocenters. The Morgan fingerprint density at radius 2 is 2.00 bits per heavy atom. The van der Waals surface area contributed by atoms with Gasteiger partial charge in [-0.1, -0.05) is 0 Å². The number of nitrogens with one attached hydrogen (secondary N) is 1. The van der Waals surface area contributed by atoms with E-state index in [-0.39, 0.29) is 23.0 Å². The predicted molar refractivity (Wildman–Crippen MR) is 74.9 cm³/mol. The number of hydrogen-bond acceptors (Lipinski definition) is 5. The minimum absolute atomic E-state index is 0.187. The van der Waals surface area contributed by atoms with E-state index in [1.807, 2.05) is 0 Å². The van der Waals surface area contributed by atoms with E-state index in [9.17, 15) is 13.2 Å². The van der Waals surface area contributed by atoms with Gasteiger partial charge in [0.05, 0.1) is 5.56 Å². The highest BCUT2D eigenvalue weighted by atomic mass is 32.2. The fraction of sp³-hybridized carbons (Fsp3) is 0.583. The molecule has 0 aliphatic heterocycles. The quantitative estimate of drug-likeness (QED) is 0.814. The van der Waals surface area contributed by atoms with Crippen molar-refractivity contribution in [1.29, 1.82) is 0 Å². The molecule has 8 heteroatoms. The van der Waals surface area contributed by atoms with Gasteiger partial charge in [0.2, 0.25) is 5.09 Å². The van der Waals surface area contributed by atoms with E-state index in [4.69, 9.17) is 10.2 Å². The van der Waals surface area contributed by atoms with Crippen LogP contribution < -0.4 is 11.1 Å². The zero-order valence-corrected chi connectivity index (χ0v) is 13.2. The highest BCUT2D eigenvalue weighted by Crippen LogP contribution is 2.21. The van der Waals surface area contributed by atoms with Gasteiger partial charge in [-0.3, -0.25) is 4.79 Å². The Hall–Kier alpha value is -1.38. The lowest BCUT2D eigenvalue weighted by Crippen LogP contribution is -2.48. The number of carbonyl (C=O) groups is 1. The van der Waals surface area contributed by atoms with E-state index < -0.39 is 21.5 Å². The lowest BCUT2D eigenvalue weighted by atomic mass is 10.1. The van der Waals surface area contributed by atoms with E-state index in [0.29, 0.717) is 0 Å². The van der Waals surface area contributed by atoms with E-state index >= 15 is 0 Å². The van der Waals surface area contributed by atoms with E-state index in [2.05, 4.69) is 5.32 Å². The zero-order valence-electron chi connectivity index (χ0n) is 12.4. The molecule has 1 amide bonds. The molecule has 114 valence electrons. The average molecular weight is 303 g/mol.